The molecule has 0 aromatic carbocycles. The molecule has 0 radical (unpaired) electrons. The number of hydrogen-bond acceptors (Lipinski definition) is 3. The Labute approximate surface area is 78.7 Å². The average Bonchev–Trinajstić information content (AvgIpc) is 2.09. The van der Waals surface area contributed by atoms with E-state index < -0.39 is 0 Å². The van der Waals surface area contributed by atoms with Crippen molar-refractivity contribution in [2.24, 2.45) is 4.99 Å². The Kier molecular flexibility index (Phi) is 3.14. The summed E-state index contributed by atoms with van der Waals surface area (Å²) in [7, 11) is 0. The van der Waals surface area contributed by atoms with Crippen molar-refractivity contribution in [1.29, 1.82) is 0 Å². The van der Waals surface area contributed by atoms with Gasteiger partial charge in [-0.05, 0) is 34.5 Å². The highest BCUT2D eigenvalue weighted by Gasteiger charge is 2.00. The first-order valence-corrected chi connectivity index (χ1v) is 4.30. The number of carbonyl (C=O) groups excluding carboxylic acids is 1. The second kappa shape index (κ2) is 4.14. The van der Waals surface area contributed by atoms with Gasteiger partial charge in [0.1, 0.15) is 0 Å². The lowest BCUT2D eigenvalue weighted by atomic mass is 10.3. The lowest BCUT2D eigenvalue weighted by molar-refractivity contribution is 0.565. The summed E-state index contributed by atoms with van der Waals surface area (Å²) in [6.45, 7) is 1.99. The minimum absolute atomic E-state index is 0.393. The lowest BCUT2D eigenvalue weighted by Crippen LogP contribution is -1.86. The Bertz CT molecular complexity index is 332. The van der Waals surface area contributed by atoms with Crippen LogP contribution in [0.15, 0.2) is 21.6 Å². The van der Waals surface area contributed by atoms with Gasteiger partial charge in [0.15, 0.2) is 5.82 Å². The van der Waals surface area contributed by atoms with E-state index in [1.54, 1.807) is 0 Å². The van der Waals surface area contributed by atoms with Crippen LogP contribution in [0.3, 0.4) is 0 Å². The molecule has 0 bridgehead atoms. The SMILES string of the molecule is CCc1ccc(Br)c(N=C=O)n1. The second-order valence-electron chi connectivity index (χ2n) is 2.16. The molecule has 1 rings (SSSR count). The van der Waals surface area contributed by atoms with E-state index in [1.165, 1.54) is 6.08 Å². The normalized spacial score (nSPS) is 9.17. The molecule has 1 heterocycles. The van der Waals surface area contributed by atoms with Crippen LogP contribution in [0.2, 0.25) is 0 Å². The molecule has 0 aliphatic carbocycles. The van der Waals surface area contributed by atoms with Crippen LogP contribution in [0, 0.1) is 0 Å². The van der Waals surface area contributed by atoms with Gasteiger partial charge in [-0.1, -0.05) is 6.92 Å². The van der Waals surface area contributed by atoms with Crippen LogP contribution in [-0.2, 0) is 11.2 Å². The maximum absolute atomic E-state index is 9.97. The third-order valence-electron chi connectivity index (χ3n) is 1.40. The largest absolute Gasteiger partial charge is 0.242 e. The van der Waals surface area contributed by atoms with E-state index in [9.17, 15) is 4.79 Å². The molecule has 0 spiro atoms. The predicted molar refractivity (Wildman–Crippen MR) is 49.1 cm³/mol. The maximum atomic E-state index is 9.97. The number of isocyanates is 1. The van der Waals surface area contributed by atoms with E-state index in [4.69, 9.17) is 0 Å². The predicted octanol–water partition coefficient (Wildman–Crippen LogP) is 2.37. The Balaban J connectivity index is 3.16. The fourth-order valence-corrected chi connectivity index (χ4v) is 1.10. The average molecular weight is 227 g/mol. The lowest BCUT2D eigenvalue weighted by Gasteiger charge is -1.97. The van der Waals surface area contributed by atoms with Crippen molar-refractivity contribution in [3.8, 4) is 0 Å². The van der Waals surface area contributed by atoms with Crippen LogP contribution in [-0.4, -0.2) is 11.1 Å². The molecular weight excluding hydrogens is 220 g/mol. The molecule has 0 unspecified atom stereocenters. The summed E-state index contributed by atoms with van der Waals surface area (Å²) in [5, 5.41) is 0. The zero-order valence-corrected chi connectivity index (χ0v) is 8.13. The molecule has 0 saturated carbocycles. The van der Waals surface area contributed by atoms with Crippen molar-refractivity contribution in [3.63, 3.8) is 0 Å². The number of halogens is 1. The molecular formula is C8H7BrN2O. The second-order valence-corrected chi connectivity index (χ2v) is 3.02. The summed E-state index contributed by atoms with van der Waals surface area (Å²) in [6.07, 6.45) is 2.29. The smallest absolute Gasteiger partial charge is 0.232 e. The molecule has 1 aromatic rings. The van der Waals surface area contributed by atoms with Crippen molar-refractivity contribution in [1.82, 2.24) is 4.98 Å². The number of pyridine rings is 1. The van der Waals surface area contributed by atoms with Crippen molar-refractivity contribution in [3.05, 3.63) is 22.3 Å². The topological polar surface area (TPSA) is 42.3 Å². The van der Waals surface area contributed by atoms with Gasteiger partial charge in [0.05, 0.1) is 4.47 Å². The van der Waals surface area contributed by atoms with E-state index in [2.05, 4.69) is 25.9 Å². The highest BCUT2D eigenvalue weighted by molar-refractivity contribution is 9.10. The number of aryl methyl sites for hydroxylation is 1. The van der Waals surface area contributed by atoms with Gasteiger partial charge in [0.2, 0.25) is 6.08 Å². The van der Waals surface area contributed by atoms with E-state index in [1.807, 2.05) is 19.1 Å². The van der Waals surface area contributed by atoms with Crippen molar-refractivity contribution >= 4 is 27.8 Å². The molecule has 0 amide bonds. The van der Waals surface area contributed by atoms with E-state index >= 15 is 0 Å². The van der Waals surface area contributed by atoms with Gasteiger partial charge >= 0.3 is 0 Å². The molecule has 4 heteroatoms. The number of hydrogen-bond donors (Lipinski definition) is 0. The number of nitrogens with zero attached hydrogens (tertiary/aromatic N) is 2. The fraction of sp³-hybridized carbons (Fsp3) is 0.250. The van der Waals surface area contributed by atoms with Gasteiger partial charge in [-0.15, -0.1) is 4.99 Å². The Morgan fingerprint density at radius 3 is 3.00 bits per heavy atom. The molecule has 3 nitrogen and oxygen atoms in total. The van der Waals surface area contributed by atoms with Crippen LogP contribution in [0.25, 0.3) is 0 Å². The molecule has 0 N–H and O–H groups in total. The van der Waals surface area contributed by atoms with Gasteiger partial charge < -0.3 is 0 Å². The standard InChI is InChI=1S/C8H7BrN2O/c1-2-6-3-4-7(9)8(11-6)10-5-12/h3-4H,2H2,1H3. The Hall–Kier alpha value is -0.990. The Morgan fingerprint density at radius 1 is 1.67 bits per heavy atom. The number of rotatable bonds is 2. The van der Waals surface area contributed by atoms with Gasteiger partial charge in [0.25, 0.3) is 0 Å². The van der Waals surface area contributed by atoms with Crippen molar-refractivity contribution in [2.45, 2.75) is 13.3 Å². The molecule has 62 valence electrons. The van der Waals surface area contributed by atoms with Gasteiger partial charge in [-0.2, -0.15) is 0 Å². The first-order chi connectivity index (χ1) is 5.77. The first-order valence-electron chi connectivity index (χ1n) is 3.51. The molecule has 12 heavy (non-hydrogen) atoms. The minimum atomic E-state index is 0.393. The summed E-state index contributed by atoms with van der Waals surface area (Å²) in [5.74, 6) is 0.393. The minimum Gasteiger partial charge on any atom is -0.232 e. The quantitative estimate of drug-likeness (QED) is 0.574. The van der Waals surface area contributed by atoms with Gasteiger partial charge in [-0.3, -0.25) is 0 Å². The van der Waals surface area contributed by atoms with Crippen LogP contribution in [0.5, 0.6) is 0 Å². The zero-order chi connectivity index (χ0) is 8.97. The van der Waals surface area contributed by atoms with Crippen molar-refractivity contribution in [2.75, 3.05) is 0 Å². The monoisotopic (exact) mass is 226 g/mol. The van der Waals surface area contributed by atoms with E-state index in [0.717, 1.165) is 12.1 Å². The van der Waals surface area contributed by atoms with Crippen LogP contribution >= 0.6 is 15.9 Å². The molecule has 1 aromatic heterocycles. The fourth-order valence-electron chi connectivity index (χ4n) is 0.789. The van der Waals surface area contributed by atoms with Crippen LogP contribution in [0.4, 0.5) is 5.82 Å². The summed E-state index contributed by atoms with van der Waals surface area (Å²) < 4.78 is 0.711. The summed E-state index contributed by atoms with van der Waals surface area (Å²) >= 11 is 3.23. The third kappa shape index (κ3) is 2.00. The highest BCUT2D eigenvalue weighted by Crippen LogP contribution is 2.22. The summed E-state index contributed by atoms with van der Waals surface area (Å²) in [6, 6.07) is 3.70. The third-order valence-corrected chi connectivity index (χ3v) is 2.02. The molecule has 0 fully saturated rings. The van der Waals surface area contributed by atoms with E-state index in [-0.39, 0.29) is 0 Å². The summed E-state index contributed by atoms with van der Waals surface area (Å²) in [5.41, 5.74) is 0.909. The Morgan fingerprint density at radius 2 is 2.42 bits per heavy atom. The molecule has 0 saturated heterocycles. The van der Waals surface area contributed by atoms with Crippen LogP contribution < -0.4 is 0 Å². The van der Waals surface area contributed by atoms with Crippen LogP contribution in [0.1, 0.15) is 12.6 Å². The first kappa shape index (κ1) is 9.10. The van der Waals surface area contributed by atoms with Crippen molar-refractivity contribution < 1.29 is 4.79 Å². The maximum Gasteiger partial charge on any atom is 0.242 e. The van der Waals surface area contributed by atoms with Gasteiger partial charge in [-0.25, -0.2) is 9.78 Å². The molecule has 0 aliphatic rings. The molecule has 0 atom stereocenters. The summed E-state index contributed by atoms with van der Waals surface area (Å²) in [4.78, 5) is 17.5. The zero-order valence-electron chi connectivity index (χ0n) is 6.54. The number of aromatic nitrogens is 1. The number of aliphatic imine (C=N–C) groups is 1. The molecule has 0 aliphatic heterocycles. The van der Waals surface area contributed by atoms with E-state index in [0.29, 0.717) is 10.3 Å². The van der Waals surface area contributed by atoms with Gasteiger partial charge in [0, 0.05) is 5.69 Å². The highest BCUT2D eigenvalue weighted by atomic mass is 79.9.